The van der Waals surface area contributed by atoms with E-state index in [0.717, 1.165) is 128 Å². The van der Waals surface area contributed by atoms with Crippen molar-refractivity contribution in [3.8, 4) is 0 Å². The highest BCUT2D eigenvalue weighted by molar-refractivity contribution is 5.71. The molecule has 1 atom stereocenters. The third-order valence-corrected chi connectivity index (χ3v) is 13.5. The van der Waals surface area contributed by atoms with Crippen molar-refractivity contribution in [3.05, 3.63) is 97.2 Å². The van der Waals surface area contributed by atoms with Crippen molar-refractivity contribution in [1.29, 1.82) is 0 Å². The molecular weight excluding hydrogens is 925 g/mol. The van der Waals surface area contributed by atoms with Crippen molar-refractivity contribution in [2.45, 2.75) is 309 Å². The Morgan fingerprint density at radius 3 is 0.813 bits per heavy atom. The quantitative estimate of drug-likeness (QED) is 0.0261. The van der Waals surface area contributed by atoms with Crippen LogP contribution in [0.15, 0.2) is 97.2 Å². The van der Waals surface area contributed by atoms with Crippen LogP contribution < -0.4 is 0 Å². The molecule has 6 nitrogen and oxygen atoms in total. The first kappa shape index (κ1) is 71.3. The Morgan fingerprint density at radius 2 is 0.520 bits per heavy atom. The summed E-state index contributed by atoms with van der Waals surface area (Å²) in [6, 6.07) is 0. The van der Waals surface area contributed by atoms with Crippen LogP contribution in [-0.2, 0) is 28.6 Å². The van der Waals surface area contributed by atoms with E-state index >= 15 is 0 Å². The summed E-state index contributed by atoms with van der Waals surface area (Å²) in [4.78, 5) is 38.3. The molecule has 0 heterocycles. The number of esters is 3. The molecule has 1 unspecified atom stereocenters. The summed E-state index contributed by atoms with van der Waals surface area (Å²) >= 11 is 0. The summed E-state index contributed by atoms with van der Waals surface area (Å²) in [5, 5.41) is 0. The molecule has 0 amide bonds. The lowest BCUT2D eigenvalue weighted by Gasteiger charge is -2.18. The molecule has 0 N–H and O–H groups in total. The molecule has 0 radical (unpaired) electrons. The largest absolute Gasteiger partial charge is 0.462 e. The molecular formula is C69H118O6. The number of carbonyl (C=O) groups is 3. The summed E-state index contributed by atoms with van der Waals surface area (Å²) in [5.41, 5.74) is 0. The van der Waals surface area contributed by atoms with Crippen molar-refractivity contribution >= 4 is 17.9 Å². The molecule has 0 spiro atoms. The summed E-state index contributed by atoms with van der Waals surface area (Å²) < 4.78 is 16.9. The Labute approximate surface area is 464 Å². The zero-order valence-corrected chi connectivity index (χ0v) is 49.3. The lowest BCUT2D eigenvalue weighted by atomic mass is 10.0. The minimum atomic E-state index is -0.793. The fourth-order valence-electron chi connectivity index (χ4n) is 8.79. The van der Waals surface area contributed by atoms with Crippen LogP contribution in [0.5, 0.6) is 0 Å². The Morgan fingerprint density at radius 1 is 0.280 bits per heavy atom. The maximum atomic E-state index is 12.9. The lowest BCUT2D eigenvalue weighted by Crippen LogP contribution is -2.30. The summed E-state index contributed by atoms with van der Waals surface area (Å²) in [5.74, 6) is -0.909. The normalized spacial score (nSPS) is 12.7. The Balaban J connectivity index is 4.36. The Hall–Kier alpha value is -3.67. The van der Waals surface area contributed by atoms with Gasteiger partial charge >= 0.3 is 17.9 Å². The SMILES string of the molecule is CC/C=C\C/C=C\C/C=C\C/C=C\CCCCCCCCCCCCCCC(=O)OCC(COC(=O)CCCCCCC/C=C\C/C=C\CCCCCC)OC(=O)CCCCCCC/C=C\C/C=C\CCCCCC. The first-order chi connectivity index (χ1) is 37.0. The summed E-state index contributed by atoms with van der Waals surface area (Å²) in [6.45, 7) is 6.49. The predicted octanol–water partition coefficient (Wildman–Crippen LogP) is 21.7. The molecule has 0 fully saturated rings. The number of rotatable bonds is 57. The van der Waals surface area contributed by atoms with Crippen molar-refractivity contribution in [2.24, 2.45) is 0 Å². The van der Waals surface area contributed by atoms with E-state index in [4.69, 9.17) is 14.2 Å². The third-order valence-electron chi connectivity index (χ3n) is 13.5. The number of allylic oxidation sites excluding steroid dienone is 16. The second kappa shape index (κ2) is 62.9. The van der Waals surface area contributed by atoms with E-state index in [1.165, 1.54) is 135 Å². The molecule has 0 rings (SSSR count). The van der Waals surface area contributed by atoms with E-state index in [0.29, 0.717) is 19.3 Å². The standard InChI is InChI=1S/C69H118O6/c1-4-7-10-13-16-19-22-25-28-31-32-33-34-35-36-37-38-39-42-44-47-50-53-56-59-62-68(71)74-65-66(75-69(72)63-60-57-54-51-48-45-41-30-27-24-21-18-15-12-9-6-3)64-73-67(70)61-58-55-52-49-46-43-40-29-26-23-20-17-14-11-8-5-2/h7,10,16,19-21,23-25,28-30,32-33,40-41,66H,4-6,8-9,11-15,17-18,22,26-27,31,34-39,42-65H2,1-3H3/b10-7-,19-16-,23-20-,24-21-,28-25-,33-32-,40-29-,41-30-. The predicted molar refractivity (Wildman–Crippen MR) is 325 cm³/mol. The molecule has 0 saturated heterocycles. The molecule has 0 aromatic carbocycles. The van der Waals surface area contributed by atoms with Gasteiger partial charge < -0.3 is 14.2 Å². The minimum absolute atomic E-state index is 0.0881. The maximum absolute atomic E-state index is 12.9. The number of unbranched alkanes of at least 4 members (excludes halogenated alkanes) is 30. The second-order valence-corrected chi connectivity index (χ2v) is 20.9. The highest BCUT2D eigenvalue weighted by atomic mass is 16.6. The van der Waals surface area contributed by atoms with Gasteiger partial charge in [0.25, 0.3) is 0 Å². The fraction of sp³-hybridized carbons (Fsp3) is 0.725. The van der Waals surface area contributed by atoms with Crippen LogP contribution >= 0.6 is 0 Å². The molecule has 6 heteroatoms. The van der Waals surface area contributed by atoms with Gasteiger partial charge in [0.05, 0.1) is 0 Å². The first-order valence-electron chi connectivity index (χ1n) is 31.7. The number of hydrogen-bond acceptors (Lipinski definition) is 6. The van der Waals surface area contributed by atoms with Gasteiger partial charge in [-0.05, 0) is 122 Å². The monoisotopic (exact) mass is 1040 g/mol. The first-order valence-corrected chi connectivity index (χ1v) is 31.7. The lowest BCUT2D eigenvalue weighted by molar-refractivity contribution is -0.167. The zero-order valence-electron chi connectivity index (χ0n) is 49.3. The number of carbonyl (C=O) groups excluding carboxylic acids is 3. The van der Waals surface area contributed by atoms with Crippen LogP contribution in [0.3, 0.4) is 0 Å². The highest BCUT2D eigenvalue weighted by Crippen LogP contribution is 2.16. The summed E-state index contributed by atoms with van der Waals surface area (Å²) in [6.07, 6.45) is 84.0. The molecule has 0 aromatic heterocycles. The van der Waals surface area contributed by atoms with Gasteiger partial charge in [-0.1, -0.05) is 259 Å². The van der Waals surface area contributed by atoms with Crippen LogP contribution in [0.25, 0.3) is 0 Å². The van der Waals surface area contributed by atoms with Gasteiger partial charge in [-0.3, -0.25) is 14.4 Å². The van der Waals surface area contributed by atoms with E-state index in [2.05, 4.69) is 118 Å². The van der Waals surface area contributed by atoms with Crippen molar-refractivity contribution in [3.63, 3.8) is 0 Å². The topological polar surface area (TPSA) is 78.9 Å². The number of ether oxygens (including phenoxy) is 3. The molecule has 430 valence electrons. The smallest absolute Gasteiger partial charge is 0.306 e. The average Bonchev–Trinajstić information content (AvgIpc) is 3.41. The van der Waals surface area contributed by atoms with Crippen LogP contribution in [0.4, 0.5) is 0 Å². The summed E-state index contributed by atoms with van der Waals surface area (Å²) in [7, 11) is 0. The van der Waals surface area contributed by atoms with Crippen molar-refractivity contribution in [2.75, 3.05) is 13.2 Å². The molecule has 0 aliphatic carbocycles. The highest BCUT2D eigenvalue weighted by Gasteiger charge is 2.19. The fourth-order valence-corrected chi connectivity index (χ4v) is 8.79. The Kier molecular flexibility index (Phi) is 59.8. The van der Waals surface area contributed by atoms with Crippen LogP contribution in [0.1, 0.15) is 303 Å². The van der Waals surface area contributed by atoms with Crippen molar-refractivity contribution < 1.29 is 28.6 Å². The van der Waals surface area contributed by atoms with Gasteiger partial charge in [-0.25, -0.2) is 0 Å². The molecule has 0 aromatic rings. The molecule has 0 aliphatic rings. The average molecular weight is 1040 g/mol. The van der Waals surface area contributed by atoms with Gasteiger partial charge in [0.2, 0.25) is 0 Å². The minimum Gasteiger partial charge on any atom is -0.462 e. The van der Waals surface area contributed by atoms with Gasteiger partial charge in [-0.15, -0.1) is 0 Å². The van der Waals surface area contributed by atoms with E-state index in [1.807, 2.05) is 0 Å². The second-order valence-electron chi connectivity index (χ2n) is 20.9. The molecule has 75 heavy (non-hydrogen) atoms. The van der Waals surface area contributed by atoms with E-state index in [-0.39, 0.29) is 31.1 Å². The van der Waals surface area contributed by atoms with Crippen LogP contribution in [0, 0.1) is 0 Å². The van der Waals surface area contributed by atoms with E-state index in [1.54, 1.807) is 0 Å². The van der Waals surface area contributed by atoms with E-state index in [9.17, 15) is 14.4 Å². The van der Waals surface area contributed by atoms with Crippen LogP contribution in [0.2, 0.25) is 0 Å². The maximum Gasteiger partial charge on any atom is 0.306 e. The van der Waals surface area contributed by atoms with Gasteiger partial charge in [0.15, 0.2) is 6.10 Å². The zero-order chi connectivity index (χ0) is 54.3. The van der Waals surface area contributed by atoms with Crippen molar-refractivity contribution in [1.82, 2.24) is 0 Å². The molecule has 0 aliphatic heterocycles. The number of hydrogen-bond donors (Lipinski definition) is 0. The van der Waals surface area contributed by atoms with Crippen LogP contribution in [-0.4, -0.2) is 37.2 Å². The molecule has 0 saturated carbocycles. The van der Waals surface area contributed by atoms with Gasteiger partial charge in [0.1, 0.15) is 13.2 Å². The van der Waals surface area contributed by atoms with Gasteiger partial charge in [-0.2, -0.15) is 0 Å². The Bertz CT molecular complexity index is 1480. The third kappa shape index (κ3) is 61.1. The molecule has 0 bridgehead atoms. The van der Waals surface area contributed by atoms with E-state index < -0.39 is 6.10 Å². The van der Waals surface area contributed by atoms with Gasteiger partial charge in [0, 0.05) is 19.3 Å².